The van der Waals surface area contributed by atoms with Crippen molar-refractivity contribution in [3.63, 3.8) is 0 Å². The Balaban J connectivity index is 1.52. The summed E-state index contributed by atoms with van der Waals surface area (Å²) in [5.74, 6) is 3.14. The van der Waals surface area contributed by atoms with Crippen molar-refractivity contribution in [2.24, 2.45) is 15.9 Å². The fourth-order valence-corrected chi connectivity index (χ4v) is 3.61. The predicted octanol–water partition coefficient (Wildman–Crippen LogP) is 0.957. The number of hydrogen-bond acceptors (Lipinski definition) is 5. The molecule has 0 bridgehead atoms. The molecule has 0 aliphatic carbocycles. The molecule has 19 heavy (non-hydrogen) atoms. The molecule has 0 saturated carbocycles. The first-order valence-corrected chi connectivity index (χ1v) is 7.35. The summed E-state index contributed by atoms with van der Waals surface area (Å²) in [7, 11) is 2.08. The van der Waals surface area contributed by atoms with Crippen molar-refractivity contribution < 1.29 is 0 Å². The Morgan fingerprint density at radius 2 is 2.21 bits per heavy atom. The summed E-state index contributed by atoms with van der Waals surface area (Å²) in [4.78, 5) is 16.5. The molecule has 4 rings (SSSR count). The van der Waals surface area contributed by atoms with Gasteiger partial charge in [-0.2, -0.15) is 0 Å². The van der Waals surface area contributed by atoms with Gasteiger partial charge in [0.05, 0.1) is 11.9 Å². The van der Waals surface area contributed by atoms with Gasteiger partial charge in [-0.25, -0.2) is 4.99 Å². The Bertz CT molecular complexity index is 466. The van der Waals surface area contributed by atoms with Gasteiger partial charge in [-0.1, -0.05) is 0 Å². The van der Waals surface area contributed by atoms with Gasteiger partial charge in [-0.3, -0.25) is 4.99 Å². The zero-order chi connectivity index (χ0) is 12.8. The van der Waals surface area contributed by atoms with E-state index in [9.17, 15) is 0 Å². The molecule has 2 atom stereocenters. The van der Waals surface area contributed by atoms with Crippen LogP contribution in [0.5, 0.6) is 0 Å². The maximum Gasteiger partial charge on any atom is 0.204 e. The van der Waals surface area contributed by atoms with E-state index in [-0.39, 0.29) is 0 Å². The Morgan fingerprint density at radius 1 is 1.26 bits per heavy atom. The number of guanidine groups is 1. The lowest BCUT2D eigenvalue weighted by molar-refractivity contribution is 0.316. The molecule has 4 aliphatic rings. The minimum absolute atomic E-state index is 0.474. The summed E-state index contributed by atoms with van der Waals surface area (Å²) < 4.78 is 0. The van der Waals surface area contributed by atoms with Crippen LogP contribution in [0.15, 0.2) is 22.4 Å². The Morgan fingerprint density at radius 3 is 3.11 bits per heavy atom. The number of aliphatic imine (C=N–C) groups is 2. The third-order valence-corrected chi connectivity index (χ3v) is 4.68. The normalized spacial score (nSPS) is 33.2. The van der Waals surface area contributed by atoms with Crippen LogP contribution in [0.4, 0.5) is 0 Å². The van der Waals surface area contributed by atoms with Crippen molar-refractivity contribution in [2.75, 3.05) is 33.2 Å². The fraction of sp³-hybridized carbons (Fsp3) is 0.714. The van der Waals surface area contributed by atoms with Crippen LogP contribution in [0.25, 0.3) is 0 Å². The third-order valence-electron chi connectivity index (χ3n) is 4.68. The van der Waals surface area contributed by atoms with Gasteiger partial charge in [0.1, 0.15) is 0 Å². The van der Waals surface area contributed by atoms with E-state index in [4.69, 9.17) is 4.99 Å². The molecule has 4 aliphatic heterocycles. The second kappa shape index (κ2) is 4.25. The Labute approximate surface area is 114 Å². The molecular formula is C14H21N5. The molecule has 5 nitrogen and oxygen atoms in total. The van der Waals surface area contributed by atoms with Crippen molar-refractivity contribution in [3.8, 4) is 0 Å². The molecule has 0 aromatic heterocycles. The van der Waals surface area contributed by atoms with E-state index < -0.39 is 0 Å². The lowest BCUT2D eigenvalue weighted by atomic mass is 9.95. The van der Waals surface area contributed by atoms with E-state index in [1.807, 2.05) is 0 Å². The molecule has 1 saturated heterocycles. The SMILES string of the molecule is CN1C=CN2CCC(C3CC4=NCCCN4C3)N=C12. The van der Waals surface area contributed by atoms with Crippen LogP contribution in [0.3, 0.4) is 0 Å². The van der Waals surface area contributed by atoms with E-state index in [2.05, 4.69) is 39.1 Å². The van der Waals surface area contributed by atoms with Crippen molar-refractivity contribution in [1.82, 2.24) is 14.7 Å². The summed E-state index contributed by atoms with van der Waals surface area (Å²) in [5.41, 5.74) is 0. The molecule has 0 aromatic rings. The van der Waals surface area contributed by atoms with Crippen LogP contribution in [0.1, 0.15) is 19.3 Å². The average Bonchev–Trinajstić information content (AvgIpc) is 3.02. The minimum Gasteiger partial charge on any atom is -0.360 e. The highest BCUT2D eigenvalue weighted by atomic mass is 15.4. The molecule has 2 unspecified atom stereocenters. The van der Waals surface area contributed by atoms with Crippen LogP contribution in [0, 0.1) is 5.92 Å². The van der Waals surface area contributed by atoms with Crippen molar-refractivity contribution in [3.05, 3.63) is 12.4 Å². The standard InChI is InChI=1S/C14H21N5/c1-17-7-8-18-6-3-12(16-14(17)18)11-9-13-15-4-2-5-19(13)10-11/h7-8,11-12H,2-6,9-10H2,1H3. The fourth-order valence-electron chi connectivity index (χ4n) is 3.61. The van der Waals surface area contributed by atoms with Gasteiger partial charge >= 0.3 is 0 Å². The second-order valence-electron chi connectivity index (χ2n) is 5.95. The summed E-state index contributed by atoms with van der Waals surface area (Å²) >= 11 is 0. The molecule has 4 heterocycles. The van der Waals surface area contributed by atoms with Gasteiger partial charge in [-0.15, -0.1) is 0 Å². The minimum atomic E-state index is 0.474. The molecule has 0 aromatic carbocycles. The summed E-state index contributed by atoms with van der Waals surface area (Å²) in [6, 6.07) is 0.474. The third kappa shape index (κ3) is 1.83. The molecular weight excluding hydrogens is 238 g/mol. The number of hydrogen-bond donors (Lipinski definition) is 0. The van der Waals surface area contributed by atoms with Crippen LogP contribution < -0.4 is 0 Å². The zero-order valence-electron chi connectivity index (χ0n) is 11.5. The smallest absolute Gasteiger partial charge is 0.204 e. The number of amidine groups is 1. The number of fused-ring (bicyclic) bond motifs is 2. The molecule has 1 fully saturated rings. The van der Waals surface area contributed by atoms with E-state index in [0.29, 0.717) is 12.0 Å². The first-order chi connectivity index (χ1) is 9.31. The predicted molar refractivity (Wildman–Crippen MR) is 76.0 cm³/mol. The largest absolute Gasteiger partial charge is 0.360 e. The van der Waals surface area contributed by atoms with Crippen molar-refractivity contribution >= 4 is 11.8 Å². The van der Waals surface area contributed by atoms with Crippen LogP contribution in [-0.4, -0.2) is 65.8 Å². The zero-order valence-corrected chi connectivity index (χ0v) is 11.5. The highest BCUT2D eigenvalue weighted by molar-refractivity contribution is 5.86. The maximum atomic E-state index is 4.99. The van der Waals surface area contributed by atoms with Crippen molar-refractivity contribution in [2.45, 2.75) is 25.3 Å². The van der Waals surface area contributed by atoms with E-state index in [1.165, 1.54) is 25.2 Å². The van der Waals surface area contributed by atoms with Crippen molar-refractivity contribution in [1.29, 1.82) is 0 Å². The summed E-state index contributed by atoms with van der Waals surface area (Å²) in [6.07, 6.45) is 7.77. The van der Waals surface area contributed by atoms with E-state index >= 15 is 0 Å². The van der Waals surface area contributed by atoms with Gasteiger partial charge in [-0.05, 0) is 12.8 Å². The van der Waals surface area contributed by atoms with Gasteiger partial charge in [0.25, 0.3) is 0 Å². The lowest BCUT2D eigenvalue weighted by Crippen LogP contribution is -2.40. The first kappa shape index (κ1) is 11.3. The molecule has 0 amide bonds. The highest BCUT2D eigenvalue weighted by Crippen LogP contribution is 2.30. The molecule has 0 N–H and O–H groups in total. The maximum absolute atomic E-state index is 4.99. The molecule has 0 spiro atoms. The van der Waals surface area contributed by atoms with E-state index in [1.54, 1.807) is 0 Å². The lowest BCUT2D eigenvalue weighted by Gasteiger charge is -2.31. The van der Waals surface area contributed by atoms with Gasteiger partial charge in [0.2, 0.25) is 5.96 Å². The Kier molecular flexibility index (Phi) is 2.53. The van der Waals surface area contributed by atoms with Crippen LogP contribution >= 0.6 is 0 Å². The Hall–Kier alpha value is -1.52. The molecule has 5 heteroatoms. The number of rotatable bonds is 1. The topological polar surface area (TPSA) is 34.4 Å². The monoisotopic (exact) mass is 259 g/mol. The van der Waals surface area contributed by atoms with Crippen LogP contribution in [0.2, 0.25) is 0 Å². The molecule has 102 valence electrons. The quantitative estimate of drug-likeness (QED) is 0.703. The van der Waals surface area contributed by atoms with E-state index in [0.717, 1.165) is 32.0 Å². The summed E-state index contributed by atoms with van der Waals surface area (Å²) in [6.45, 7) is 4.50. The number of nitrogens with zero attached hydrogens (tertiary/aromatic N) is 5. The first-order valence-electron chi connectivity index (χ1n) is 7.35. The highest BCUT2D eigenvalue weighted by Gasteiger charge is 2.37. The summed E-state index contributed by atoms with van der Waals surface area (Å²) in [5, 5.41) is 0. The van der Waals surface area contributed by atoms with Gasteiger partial charge in [0, 0.05) is 58.0 Å². The van der Waals surface area contributed by atoms with Gasteiger partial charge < -0.3 is 14.7 Å². The molecule has 0 radical (unpaired) electrons. The van der Waals surface area contributed by atoms with Crippen LogP contribution in [-0.2, 0) is 0 Å². The average molecular weight is 259 g/mol. The van der Waals surface area contributed by atoms with Gasteiger partial charge in [0.15, 0.2) is 0 Å². The second-order valence-corrected chi connectivity index (χ2v) is 5.95.